The molecule has 1 aliphatic rings. The molecule has 0 aromatic carbocycles. The maximum atomic E-state index is 11.3. The molecule has 0 spiro atoms. The Morgan fingerprint density at radius 3 is 2.33 bits per heavy atom. The Morgan fingerprint density at radius 1 is 1.14 bits per heavy atom. The summed E-state index contributed by atoms with van der Waals surface area (Å²) in [5.74, 6) is 1.40. The van der Waals surface area contributed by atoms with Crippen molar-refractivity contribution in [3.63, 3.8) is 0 Å². The van der Waals surface area contributed by atoms with Crippen LogP contribution < -0.4 is 10.6 Å². The number of unbranched alkanes of at least 4 members (excludes halogenated alkanes) is 2. The second-order valence-electron chi connectivity index (χ2n) is 5.13. The van der Waals surface area contributed by atoms with Gasteiger partial charge in [-0.3, -0.25) is 9.89 Å². The van der Waals surface area contributed by atoms with E-state index >= 15 is 0 Å². The van der Waals surface area contributed by atoms with Crippen molar-refractivity contribution >= 4 is 39.8 Å². The third kappa shape index (κ3) is 9.51. The lowest BCUT2D eigenvalue weighted by Gasteiger charge is -2.26. The van der Waals surface area contributed by atoms with E-state index in [4.69, 9.17) is 0 Å². The van der Waals surface area contributed by atoms with Crippen LogP contribution in [-0.2, 0) is 9.84 Å². The first-order valence-electron chi connectivity index (χ1n) is 7.44. The first-order valence-corrected chi connectivity index (χ1v) is 9.27. The molecule has 1 heterocycles. The molecule has 0 amide bonds. The molecule has 1 saturated heterocycles. The molecule has 0 unspecified atom stereocenters. The van der Waals surface area contributed by atoms with E-state index in [1.165, 1.54) is 12.8 Å². The largest absolute Gasteiger partial charge is 0.356 e. The van der Waals surface area contributed by atoms with Crippen molar-refractivity contribution in [2.75, 3.05) is 51.3 Å². The average molecular weight is 432 g/mol. The lowest BCUT2D eigenvalue weighted by molar-refractivity contribution is 0.299. The van der Waals surface area contributed by atoms with E-state index in [-0.39, 0.29) is 35.5 Å². The quantitative estimate of drug-likeness (QED) is 0.268. The van der Waals surface area contributed by atoms with Crippen molar-refractivity contribution in [3.05, 3.63) is 0 Å². The Bertz CT molecular complexity index is 387. The molecule has 2 N–H and O–H groups in total. The normalized spacial score (nSPS) is 18.9. The lowest BCUT2D eigenvalue weighted by atomic mass is 10.2. The maximum absolute atomic E-state index is 11.3. The summed E-state index contributed by atoms with van der Waals surface area (Å²) in [6.45, 7) is 6.05. The van der Waals surface area contributed by atoms with Gasteiger partial charge >= 0.3 is 0 Å². The fourth-order valence-electron chi connectivity index (χ4n) is 2.11. The molecule has 0 aliphatic carbocycles. The van der Waals surface area contributed by atoms with E-state index in [1.54, 1.807) is 7.05 Å². The predicted octanol–water partition coefficient (Wildman–Crippen LogP) is 0.690. The molecule has 0 aromatic rings. The Morgan fingerprint density at radius 2 is 1.76 bits per heavy atom. The summed E-state index contributed by atoms with van der Waals surface area (Å²) in [4.78, 5) is 6.35. The van der Waals surface area contributed by atoms with Gasteiger partial charge in [0, 0.05) is 39.8 Å². The molecule has 0 bridgehead atoms. The van der Waals surface area contributed by atoms with Crippen molar-refractivity contribution < 1.29 is 8.42 Å². The average Bonchev–Trinajstić information content (AvgIpc) is 2.43. The van der Waals surface area contributed by atoms with E-state index in [9.17, 15) is 8.42 Å². The molecular formula is C13H29IN4O2S. The first kappa shape index (κ1) is 20.9. The van der Waals surface area contributed by atoms with Gasteiger partial charge in [0.15, 0.2) is 15.8 Å². The van der Waals surface area contributed by atoms with E-state index in [1.807, 2.05) is 0 Å². The van der Waals surface area contributed by atoms with Gasteiger partial charge in [-0.1, -0.05) is 19.8 Å². The SMILES string of the molecule is CCCCCNC(=NC)NCCN1CCS(=O)(=O)CC1.I. The highest BCUT2D eigenvalue weighted by atomic mass is 127. The van der Waals surface area contributed by atoms with E-state index in [2.05, 4.69) is 27.4 Å². The van der Waals surface area contributed by atoms with Crippen LogP contribution in [0.4, 0.5) is 0 Å². The van der Waals surface area contributed by atoms with Crippen LogP contribution in [0.5, 0.6) is 0 Å². The van der Waals surface area contributed by atoms with Crippen molar-refractivity contribution in [1.82, 2.24) is 15.5 Å². The van der Waals surface area contributed by atoms with Crippen LogP contribution in [-0.4, -0.2) is 70.6 Å². The van der Waals surface area contributed by atoms with Gasteiger partial charge in [0.2, 0.25) is 0 Å². The van der Waals surface area contributed by atoms with Crippen LogP contribution in [0.2, 0.25) is 0 Å². The Balaban J connectivity index is 0.00000400. The predicted molar refractivity (Wildman–Crippen MR) is 99.4 cm³/mol. The highest BCUT2D eigenvalue weighted by Crippen LogP contribution is 2.02. The Labute approximate surface area is 146 Å². The second kappa shape index (κ2) is 11.5. The number of nitrogens with zero attached hydrogens (tertiary/aromatic N) is 2. The van der Waals surface area contributed by atoms with Gasteiger partial charge < -0.3 is 10.6 Å². The molecule has 126 valence electrons. The number of sulfone groups is 1. The minimum atomic E-state index is -2.78. The standard InChI is InChI=1S/C13H28N4O2S.HI/c1-3-4-5-6-15-13(14-2)16-7-8-17-9-11-20(18,19)12-10-17;/h3-12H2,1-2H3,(H2,14,15,16);1H. The second-order valence-corrected chi connectivity index (χ2v) is 7.43. The third-order valence-electron chi connectivity index (χ3n) is 3.45. The lowest BCUT2D eigenvalue weighted by Crippen LogP contribution is -2.46. The molecule has 8 heteroatoms. The zero-order valence-electron chi connectivity index (χ0n) is 13.1. The fourth-order valence-corrected chi connectivity index (χ4v) is 3.39. The van der Waals surface area contributed by atoms with Crippen LogP contribution in [0.25, 0.3) is 0 Å². The van der Waals surface area contributed by atoms with Crippen molar-refractivity contribution in [1.29, 1.82) is 0 Å². The molecule has 0 atom stereocenters. The summed E-state index contributed by atoms with van der Waals surface area (Å²) in [6.07, 6.45) is 3.60. The van der Waals surface area contributed by atoms with Gasteiger partial charge in [0.25, 0.3) is 0 Å². The molecular weight excluding hydrogens is 403 g/mol. The van der Waals surface area contributed by atoms with Gasteiger partial charge in [-0.15, -0.1) is 24.0 Å². The number of rotatable bonds is 7. The van der Waals surface area contributed by atoms with Crippen molar-refractivity contribution in [2.45, 2.75) is 26.2 Å². The minimum Gasteiger partial charge on any atom is -0.356 e. The van der Waals surface area contributed by atoms with Crippen LogP contribution in [0.15, 0.2) is 4.99 Å². The number of guanidine groups is 1. The molecule has 6 nitrogen and oxygen atoms in total. The van der Waals surface area contributed by atoms with E-state index < -0.39 is 9.84 Å². The molecule has 1 fully saturated rings. The zero-order chi connectivity index (χ0) is 14.8. The van der Waals surface area contributed by atoms with Crippen LogP contribution in [0.1, 0.15) is 26.2 Å². The van der Waals surface area contributed by atoms with Gasteiger partial charge in [-0.2, -0.15) is 0 Å². The first-order chi connectivity index (χ1) is 9.57. The summed E-state index contributed by atoms with van der Waals surface area (Å²) in [5.41, 5.74) is 0. The van der Waals surface area contributed by atoms with Crippen molar-refractivity contribution in [3.8, 4) is 0 Å². The van der Waals surface area contributed by atoms with Gasteiger partial charge in [-0.05, 0) is 6.42 Å². The molecule has 1 rings (SSSR count). The highest BCUT2D eigenvalue weighted by Gasteiger charge is 2.20. The minimum absolute atomic E-state index is 0. The molecule has 0 radical (unpaired) electrons. The van der Waals surface area contributed by atoms with Crippen LogP contribution in [0.3, 0.4) is 0 Å². The molecule has 0 saturated carbocycles. The number of aliphatic imine (C=N–C) groups is 1. The summed E-state index contributed by atoms with van der Waals surface area (Å²) in [7, 11) is -1.01. The number of halogens is 1. The van der Waals surface area contributed by atoms with Gasteiger partial charge in [0.05, 0.1) is 11.5 Å². The summed E-state index contributed by atoms with van der Waals surface area (Å²) in [5, 5.41) is 6.54. The number of hydrogen-bond acceptors (Lipinski definition) is 4. The van der Waals surface area contributed by atoms with Crippen molar-refractivity contribution in [2.24, 2.45) is 4.99 Å². The molecule has 0 aromatic heterocycles. The smallest absolute Gasteiger partial charge is 0.191 e. The Kier molecular flexibility index (Phi) is 11.4. The Hall–Kier alpha value is -0.0900. The summed E-state index contributed by atoms with van der Waals surface area (Å²) < 4.78 is 22.6. The maximum Gasteiger partial charge on any atom is 0.191 e. The highest BCUT2D eigenvalue weighted by molar-refractivity contribution is 14.0. The molecule has 21 heavy (non-hydrogen) atoms. The summed E-state index contributed by atoms with van der Waals surface area (Å²) in [6, 6.07) is 0. The van der Waals surface area contributed by atoms with E-state index in [0.29, 0.717) is 13.1 Å². The zero-order valence-corrected chi connectivity index (χ0v) is 16.2. The molecule has 1 aliphatic heterocycles. The van der Waals surface area contributed by atoms with E-state index in [0.717, 1.165) is 32.0 Å². The van der Waals surface area contributed by atoms with Crippen LogP contribution in [0, 0.1) is 0 Å². The number of hydrogen-bond donors (Lipinski definition) is 2. The fraction of sp³-hybridized carbons (Fsp3) is 0.923. The van der Waals surface area contributed by atoms with Crippen LogP contribution >= 0.6 is 24.0 Å². The third-order valence-corrected chi connectivity index (χ3v) is 5.06. The van der Waals surface area contributed by atoms with Gasteiger partial charge in [-0.25, -0.2) is 8.42 Å². The summed E-state index contributed by atoms with van der Waals surface area (Å²) >= 11 is 0. The monoisotopic (exact) mass is 432 g/mol. The number of nitrogens with one attached hydrogen (secondary N) is 2. The topological polar surface area (TPSA) is 73.8 Å². The van der Waals surface area contributed by atoms with Gasteiger partial charge in [0.1, 0.15) is 0 Å².